The van der Waals surface area contributed by atoms with E-state index in [4.69, 9.17) is 4.18 Å². The van der Waals surface area contributed by atoms with Crippen molar-refractivity contribution in [3.05, 3.63) is 59.9 Å². The molecule has 0 bridgehead atoms. The van der Waals surface area contributed by atoms with Gasteiger partial charge >= 0.3 is 16.1 Å². The lowest BCUT2D eigenvalue weighted by Gasteiger charge is -2.31. The van der Waals surface area contributed by atoms with Crippen molar-refractivity contribution in [2.75, 3.05) is 14.1 Å². The second-order valence-electron chi connectivity index (χ2n) is 6.70. The van der Waals surface area contributed by atoms with Crippen LogP contribution in [0.15, 0.2) is 53.4 Å². The van der Waals surface area contributed by atoms with E-state index in [2.05, 4.69) is 0 Å². The van der Waals surface area contributed by atoms with Gasteiger partial charge in [0.25, 0.3) is 0 Å². The Labute approximate surface area is 165 Å². The van der Waals surface area contributed by atoms with Crippen molar-refractivity contribution in [3.8, 4) is 5.75 Å². The molecule has 1 unspecified atom stereocenters. The summed E-state index contributed by atoms with van der Waals surface area (Å²) in [4.78, 5) is 15.6. The largest absolute Gasteiger partial charge is 0.379 e. The average molecular weight is 408 g/mol. The molecule has 6 nitrogen and oxygen atoms in total. The molecule has 0 aliphatic rings. The second-order valence-corrected chi connectivity index (χ2v) is 8.25. The first-order valence-electron chi connectivity index (χ1n) is 8.91. The molecule has 0 aliphatic carbocycles. The molecule has 0 heterocycles. The van der Waals surface area contributed by atoms with Gasteiger partial charge in [-0.3, -0.25) is 0 Å². The third-order valence-electron chi connectivity index (χ3n) is 4.31. The van der Waals surface area contributed by atoms with Crippen molar-refractivity contribution < 1.29 is 21.8 Å². The molecule has 28 heavy (non-hydrogen) atoms. The van der Waals surface area contributed by atoms with E-state index in [0.717, 1.165) is 36.2 Å². The summed E-state index contributed by atoms with van der Waals surface area (Å²) in [5.41, 5.74) is 0.738. The SMILES string of the molecule is CCC(C)N(Cc1cccc(OS(=O)(=O)c2ccc(F)cc2)c1)C(=O)N(C)C. The fourth-order valence-corrected chi connectivity index (χ4v) is 3.48. The Morgan fingerprint density at radius 2 is 1.79 bits per heavy atom. The highest BCUT2D eigenvalue weighted by atomic mass is 32.2. The van der Waals surface area contributed by atoms with Gasteiger partial charge in [-0.1, -0.05) is 19.1 Å². The Kier molecular flexibility index (Phi) is 7.01. The minimum Gasteiger partial charge on any atom is -0.379 e. The van der Waals surface area contributed by atoms with Gasteiger partial charge in [0.2, 0.25) is 0 Å². The number of benzene rings is 2. The summed E-state index contributed by atoms with van der Waals surface area (Å²) in [6, 6.07) is 10.9. The van der Waals surface area contributed by atoms with Crippen LogP contribution in [0.2, 0.25) is 0 Å². The fourth-order valence-electron chi connectivity index (χ4n) is 2.56. The normalized spacial score (nSPS) is 12.3. The molecule has 2 aromatic rings. The molecule has 8 heteroatoms. The van der Waals surface area contributed by atoms with E-state index in [9.17, 15) is 17.6 Å². The number of nitrogens with zero attached hydrogens (tertiary/aromatic N) is 2. The summed E-state index contributed by atoms with van der Waals surface area (Å²) in [7, 11) is -0.707. The van der Waals surface area contributed by atoms with Gasteiger partial charge in [0, 0.05) is 26.7 Å². The molecule has 152 valence electrons. The predicted molar refractivity (Wildman–Crippen MR) is 105 cm³/mol. The molecule has 0 spiro atoms. The van der Waals surface area contributed by atoms with E-state index in [1.807, 2.05) is 13.8 Å². The zero-order valence-corrected chi connectivity index (χ0v) is 17.2. The van der Waals surface area contributed by atoms with Gasteiger partial charge in [-0.25, -0.2) is 9.18 Å². The molecule has 0 saturated carbocycles. The van der Waals surface area contributed by atoms with E-state index in [-0.39, 0.29) is 22.7 Å². The van der Waals surface area contributed by atoms with Crippen LogP contribution >= 0.6 is 0 Å². The Morgan fingerprint density at radius 1 is 1.14 bits per heavy atom. The van der Waals surface area contributed by atoms with Crippen LogP contribution in [0.1, 0.15) is 25.8 Å². The van der Waals surface area contributed by atoms with Crippen molar-refractivity contribution >= 4 is 16.1 Å². The Bertz CT molecular complexity index is 914. The Balaban J connectivity index is 2.23. The summed E-state index contributed by atoms with van der Waals surface area (Å²) < 4.78 is 43.0. The standard InChI is InChI=1S/C20H25FN2O4S/c1-5-15(2)23(20(24)22(3)4)14-16-7-6-8-18(13-16)27-28(25,26)19-11-9-17(21)10-12-19/h6-13,15H,5,14H2,1-4H3. The van der Waals surface area contributed by atoms with Gasteiger partial charge in [-0.05, 0) is 55.3 Å². The number of urea groups is 1. The fraction of sp³-hybridized carbons (Fsp3) is 0.350. The molecule has 0 aromatic heterocycles. The Hall–Kier alpha value is -2.61. The maximum absolute atomic E-state index is 13.0. The lowest BCUT2D eigenvalue weighted by molar-refractivity contribution is 0.148. The lowest BCUT2D eigenvalue weighted by atomic mass is 10.1. The smallest absolute Gasteiger partial charge is 0.339 e. The van der Waals surface area contributed by atoms with Crippen molar-refractivity contribution in [2.45, 2.75) is 37.8 Å². The molecular formula is C20H25FN2O4S. The van der Waals surface area contributed by atoms with E-state index >= 15 is 0 Å². The number of amides is 2. The highest BCUT2D eigenvalue weighted by Gasteiger charge is 2.22. The molecule has 1 atom stereocenters. The van der Waals surface area contributed by atoms with Gasteiger partial charge in [0.05, 0.1) is 0 Å². The zero-order valence-electron chi connectivity index (χ0n) is 16.4. The van der Waals surface area contributed by atoms with Gasteiger partial charge < -0.3 is 14.0 Å². The molecule has 2 amide bonds. The monoisotopic (exact) mass is 408 g/mol. The highest BCUT2D eigenvalue weighted by molar-refractivity contribution is 7.87. The summed E-state index contributed by atoms with van der Waals surface area (Å²) in [5, 5.41) is 0. The topological polar surface area (TPSA) is 66.9 Å². The second kappa shape index (κ2) is 9.05. The van der Waals surface area contributed by atoms with Crippen LogP contribution in [-0.2, 0) is 16.7 Å². The first-order valence-corrected chi connectivity index (χ1v) is 10.3. The molecule has 0 aliphatic heterocycles. The van der Waals surface area contributed by atoms with Crippen LogP contribution in [-0.4, -0.2) is 44.4 Å². The molecule has 0 fully saturated rings. The number of rotatable bonds is 7. The molecule has 0 N–H and O–H groups in total. The number of hydrogen-bond donors (Lipinski definition) is 0. The third kappa shape index (κ3) is 5.45. The number of carbonyl (C=O) groups excluding carboxylic acids is 1. The zero-order chi connectivity index (χ0) is 20.9. The molecular weight excluding hydrogens is 383 g/mol. The lowest BCUT2D eigenvalue weighted by Crippen LogP contribution is -2.43. The van der Waals surface area contributed by atoms with Crippen molar-refractivity contribution in [2.24, 2.45) is 0 Å². The highest BCUT2D eigenvalue weighted by Crippen LogP contribution is 2.22. The van der Waals surface area contributed by atoms with E-state index < -0.39 is 15.9 Å². The van der Waals surface area contributed by atoms with Crippen LogP contribution in [0.5, 0.6) is 5.75 Å². The predicted octanol–water partition coefficient (Wildman–Crippen LogP) is 3.88. The maximum atomic E-state index is 13.0. The average Bonchev–Trinajstić information content (AvgIpc) is 2.65. The van der Waals surface area contributed by atoms with Crippen molar-refractivity contribution in [1.82, 2.24) is 9.80 Å². The van der Waals surface area contributed by atoms with Gasteiger partial charge in [0.1, 0.15) is 16.5 Å². The summed E-state index contributed by atoms with van der Waals surface area (Å²) in [5.74, 6) is -0.403. The first-order chi connectivity index (χ1) is 13.1. The minimum atomic E-state index is -4.08. The van der Waals surface area contributed by atoms with Crippen LogP contribution in [0, 0.1) is 5.82 Å². The van der Waals surface area contributed by atoms with Crippen LogP contribution in [0.3, 0.4) is 0 Å². The van der Waals surface area contributed by atoms with Crippen molar-refractivity contribution in [1.29, 1.82) is 0 Å². The van der Waals surface area contributed by atoms with Gasteiger partial charge in [0.15, 0.2) is 0 Å². The number of hydrogen-bond acceptors (Lipinski definition) is 4. The number of carbonyl (C=O) groups is 1. The Morgan fingerprint density at radius 3 is 2.36 bits per heavy atom. The van der Waals surface area contributed by atoms with Crippen LogP contribution in [0.4, 0.5) is 9.18 Å². The third-order valence-corrected chi connectivity index (χ3v) is 5.57. The minimum absolute atomic E-state index is 0.0161. The van der Waals surface area contributed by atoms with Crippen molar-refractivity contribution in [3.63, 3.8) is 0 Å². The summed E-state index contributed by atoms with van der Waals surface area (Å²) in [6.07, 6.45) is 0.786. The summed E-state index contributed by atoms with van der Waals surface area (Å²) >= 11 is 0. The maximum Gasteiger partial charge on any atom is 0.339 e. The van der Waals surface area contributed by atoms with Crippen LogP contribution in [0.25, 0.3) is 0 Å². The first kappa shape index (κ1) is 21.7. The number of halogens is 1. The van der Waals surface area contributed by atoms with E-state index in [1.54, 1.807) is 37.2 Å². The van der Waals surface area contributed by atoms with Gasteiger partial charge in [-0.15, -0.1) is 0 Å². The summed E-state index contributed by atoms with van der Waals surface area (Å²) in [6.45, 7) is 4.27. The molecule has 2 rings (SSSR count). The van der Waals surface area contributed by atoms with E-state index in [1.165, 1.54) is 11.0 Å². The van der Waals surface area contributed by atoms with Gasteiger partial charge in [-0.2, -0.15) is 8.42 Å². The van der Waals surface area contributed by atoms with E-state index in [0.29, 0.717) is 6.54 Å². The quantitative estimate of drug-likeness (QED) is 0.652. The molecule has 0 radical (unpaired) electrons. The molecule has 0 saturated heterocycles. The van der Waals surface area contributed by atoms with Crippen LogP contribution < -0.4 is 4.18 Å². The molecule has 2 aromatic carbocycles.